The molecular weight excluding hydrogens is 244 g/mol. The number of hydrogen-bond donors (Lipinski definition) is 2. The van der Waals surface area contributed by atoms with Crippen LogP contribution in [0, 0.1) is 5.92 Å². The van der Waals surface area contributed by atoms with Gasteiger partial charge in [-0.15, -0.1) is 11.3 Å². The first-order valence-corrected chi connectivity index (χ1v) is 7.20. The van der Waals surface area contributed by atoms with Crippen LogP contribution in [0.5, 0.6) is 0 Å². The second kappa shape index (κ2) is 5.08. The molecular formula is C14H16N2OS. The predicted octanol–water partition coefficient (Wildman–Crippen LogP) is 2.84. The number of carbonyl (C=O) groups excluding carboxylic acids is 1. The quantitative estimate of drug-likeness (QED) is 0.871. The highest BCUT2D eigenvalue weighted by Gasteiger charge is 2.20. The van der Waals surface area contributed by atoms with Gasteiger partial charge < -0.3 is 10.6 Å². The maximum Gasteiger partial charge on any atom is 0.227 e. The molecule has 1 aliphatic heterocycles. The Morgan fingerprint density at radius 1 is 1.28 bits per heavy atom. The van der Waals surface area contributed by atoms with Crippen LogP contribution < -0.4 is 10.6 Å². The molecule has 94 valence electrons. The molecule has 1 aliphatic rings. The lowest BCUT2D eigenvalue weighted by atomic mass is 9.97. The Labute approximate surface area is 110 Å². The van der Waals surface area contributed by atoms with E-state index in [9.17, 15) is 4.79 Å². The third-order valence-corrected chi connectivity index (χ3v) is 4.33. The van der Waals surface area contributed by atoms with Gasteiger partial charge in [0.25, 0.3) is 0 Å². The Morgan fingerprint density at radius 2 is 2.11 bits per heavy atom. The SMILES string of the molecule is O=C(Nc1ccc2sccc2c1)C1CCNCC1. The lowest BCUT2D eigenvalue weighted by Gasteiger charge is -2.21. The van der Waals surface area contributed by atoms with E-state index in [0.717, 1.165) is 31.6 Å². The second-order valence-electron chi connectivity index (χ2n) is 4.69. The minimum atomic E-state index is 0.157. The minimum absolute atomic E-state index is 0.157. The van der Waals surface area contributed by atoms with Gasteiger partial charge in [0, 0.05) is 16.3 Å². The van der Waals surface area contributed by atoms with E-state index >= 15 is 0 Å². The predicted molar refractivity (Wildman–Crippen MR) is 76.0 cm³/mol. The molecule has 3 rings (SSSR count). The smallest absolute Gasteiger partial charge is 0.227 e. The number of anilines is 1. The number of nitrogens with one attached hydrogen (secondary N) is 2. The molecule has 1 aromatic carbocycles. The number of piperidine rings is 1. The summed E-state index contributed by atoms with van der Waals surface area (Å²) in [4.78, 5) is 12.1. The summed E-state index contributed by atoms with van der Waals surface area (Å²) in [6.07, 6.45) is 1.87. The highest BCUT2D eigenvalue weighted by molar-refractivity contribution is 7.17. The van der Waals surface area contributed by atoms with Crippen molar-refractivity contribution < 1.29 is 4.79 Å². The van der Waals surface area contributed by atoms with Gasteiger partial charge in [-0.25, -0.2) is 0 Å². The van der Waals surface area contributed by atoms with Crippen molar-refractivity contribution in [3.05, 3.63) is 29.6 Å². The van der Waals surface area contributed by atoms with Crippen molar-refractivity contribution in [1.82, 2.24) is 5.32 Å². The maximum absolute atomic E-state index is 12.1. The van der Waals surface area contributed by atoms with E-state index in [0.29, 0.717) is 0 Å². The van der Waals surface area contributed by atoms with Crippen molar-refractivity contribution in [2.75, 3.05) is 18.4 Å². The monoisotopic (exact) mass is 260 g/mol. The zero-order valence-electron chi connectivity index (χ0n) is 10.1. The summed E-state index contributed by atoms with van der Waals surface area (Å²) < 4.78 is 1.26. The maximum atomic E-state index is 12.1. The van der Waals surface area contributed by atoms with Crippen molar-refractivity contribution in [1.29, 1.82) is 0 Å². The summed E-state index contributed by atoms with van der Waals surface area (Å²) in [7, 11) is 0. The third kappa shape index (κ3) is 2.40. The first-order chi connectivity index (χ1) is 8.83. The van der Waals surface area contributed by atoms with Crippen LogP contribution in [0.15, 0.2) is 29.6 Å². The van der Waals surface area contributed by atoms with Crippen LogP contribution in [0.4, 0.5) is 5.69 Å². The van der Waals surface area contributed by atoms with Crippen molar-refractivity contribution in [2.45, 2.75) is 12.8 Å². The van der Waals surface area contributed by atoms with Crippen LogP contribution in [0.1, 0.15) is 12.8 Å². The Morgan fingerprint density at radius 3 is 2.94 bits per heavy atom. The highest BCUT2D eigenvalue weighted by atomic mass is 32.1. The number of carbonyl (C=O) groups is 1. The zero-order chi connectivity index (χ0) is 12.4. The molecule has 0 unspecified atom stereocenters. The molecule has 4 heteroatoms. The largest absolute Gasteiger partial charge is 0.326 e. The molecule has 0 atom stereocenters. The fourth-order valence-corrected chi connectivity index (χ4v) is 3.14. The lowest BCUT2D eigenvalue weighted by Crippen LogP contribution is -2.34. The molecule has 0 saturated carbocycles. The first-order valence-electron chi connectivity index (χ1n) is 6.32. The van der Waals surface area contributed by atoms with Crippen molar-refractivity contribution in [3.63, 3.8) is 0 Å². The van der Waals surface area contributed by atoms with Crippen LogP contribution in [0.2, 0.25) is 0 Å². The van der Waals surface area contributed by atoms with Crippen LogP contribution in [0.25, 0.3) is 10.1 Å². The minimum Gasteiger partial charge on any atom is -0.326 e. The molecule has 1 saturated heterocycles. The number of benzene rings is 1. The van der Waals surface area contributed by atoms with E-state index in [2.05, 4.69) is 28.1 Å². The summed E-state index contributed by atoms with van der Waals surface area (Å²) in [6.45, 7) is 1.89. The third-order valence-electron chi connectivity index (χ3n) is 3.43. The highest BCUT2D eigenvalue weighted by Crippen LogP contribution is 2.24. The number of hydrogen-bond acceptors (Lipinski definition) is 3. The van der Waals surface area contributed by atoms with Gasteiger partial charge >= 0.3 is 0 Å². The van der Waals surface area contributed by atoms with E-state index in [-0.39, 0.29) is 11.8 Å². The molecule has 2 aromatic rings. The molecule has 2 heterocycles. The molecule has 0 radical (unpaired) electrons. The summed E-state index contributed by atoms with van der Waals surface area (Å²) in [5.74, 6) is 0.315. The normalized spacial score (nSPS) is 16.9. The molecule has 0 bridgehead atoms. The van der Waals surface area contributed by atoms with Gasteiger partial charge in [0.15, 0.2) is 0 Å². The average Bonchev–Trinajstić information content (AvgIpc) is 2.87. The topological polar surface area (TPSA) is 41.1 Å². The molecule has 1 aromatic heterocycles. The number of thiophene rings is 1. The van der Waals surface area contributed by atoms with Gasteiger partial charge in [0.05, 0.1) is 0 Å². The van der Waals surface area contributed by atoms with E-state index in [1.807, 2.05) is 12.1 Å². The Kier molecular flexibility index (Phi) is 3.30. The number of amides is 1. The van der Waals surface area contributed by atoms with Gasteiger partial charge in [0.1, 0.15) is 0 Å². The molecule has 1 fully saturated rings. The average molecular weight is 260 g/mol. The van der Waals surface area contributed by atoms with Gasteiger partial charge in [-0.1, -0.05) is 0 Å². The van der Waals surface area contributed by atoms with E-state index in [4.69, 9.17) is 0 Å². The number of rotatable bonds is 2. The molecule has 2 N–H and O–H groups in total. The van der Waals surface area contributed by atoms with E-state index in [1.54, 1.807) is 11.3 Å². The molecule has 1 amide bonds. The molecule has 0 spiro atoms. The summed E-state index contributed by atoms with van der Waals surface area (Å²) >= 11 is 1.72. The Bertz CT molecular complexity index is 558. The van der Waals surface area contributed by atoms with Gasteiger partial charge in [-0.3, -0.25) is 4.79 Å². The van der Waals surface area contributed by atoms with Crippen LogP contribution in [-0.4, -0.2) is 19.0 Å². The summed E-state index contributed by atoms with van der Waals surface area (Å²) in [5.41, 5.74) is 0.907. The second-order valence-corrected chi connectivity index (χ2v) is 5.63. The van der Waals surface area contributed by atoms with E-state index in [1.165, 1.54) is 10.1 Å². The fourth-order valence-electron chi connectivity index (χ4n) is 2.37. The lowest BCUT2D eigenvalue weighted by molar-refractivity contribution is -0.120. The molecule has 3 nitrogen and oxygen atoms in total. The van der Waals surface area contributed by atoms with Gasteiger partial charge in [0.2, 0.25) is 5.91 Å². The summed E-state index contributed by atoms with van der Waals surface area (Å²) in [5, 5.41) is 9.58. The van der Waals surface area contributed by atoms with Crippen LogP contribution in [-0.2, 0) is 4.79 Å². The van der Waals surface area contributed by atoms with Crippen LogP contribution >= 0.6 is 11.3 Å². The van der Waals surface area contributed by atoms with Crippen molar-refractivity contribution in [2.24, 2.45) is 5.92 Å². The first kappa shape index (κ1) is 11.7. The van der Waals surface area contributed by atoms with Crippen molar-refractivity contribution >= 4 is 33.0 Å². The van der Waals surface area contributed by atoms with Crippen LogP contribution in [0.3, 0.4) is 0 Å². The fraction of sp³-hybridized carbons (Fsp3) is 0.357. The molecule has 0 aliphatic carbocycles. The zero-order valence-corrected chi connectivity index (χ0v) is 10.9. The van der Waals surface area contributed by atoms with E-state index < -0.39 is 0 Å². The number of fused-ring (bicyclic) bond motifs is 1. The van der Waals surface area contributed by atoms with Crippen molar-refractivity contribution in [3.8, 4) is 0 Å². The van der Waals surface area contributed by atoms with Gasteiger partial charge in [-0.05, 0) is 61.0 Å². The Balaban J connectivity index is 1.72. The summed E-state index contributed by atoms with van der Waals surface area (Å²) in [6, 6.07) is 8.18. The Hall–Kier alpha value is -1.39. The molecule has 18 heavy (non-hydrogen) atoms. The van der Waals surface area contributed by atoms with Gasteiger partial charge in [-0.2, -0.15) is 0 Å². The standard InChI is InChI=1S/C14H16N2OS/c17-14(10-3-6-15-7-4-10)16-12-1-2-13-11(9-12)5-8-18-13/h1-2,5,8-10,15H,3-4,6-7H2,(H,16,17).